The minimum atomic E-state index is -3.42. The lowest BCUT2D eigenvalue weighted by Crippen LogP contribution is -2.43. The molecule has 1 atom stereocenters. The molecule has 0 saturated carbocycles. The van der Waals surface area contributed by atoms with Gasteiger partial charge in [0.15, 0.2) is 11.5 Å². The molecule has 1 aliphatic heterocycles. The van der Waals surface area contributed by atoms with Crippen LogP contribution in [0.25, 0.3) is 0 Å². The maximum absolute atomic E-state index is 12.4. The van der Waals surface area contributed by atoms with E-state index in [4.69, 9.17) is 9.47 Å². The number of sulfonamides is 1. The van der Waals surface area contributed by atoms with Crippen LogP contribution in [-0.2, 0) is 22.2 Å². The normalized spacial score (nSPS) is 17.0. The van der Waals surface area contributed by atoms with Crippen molar-refractivity contribution in [2.75, 3.05) is 13.2 Å². The maximum atomic E-state index is 12.4. The molecule has 6 heteroatoms. The van der Waals surface area contributed by atoms with Gasteiger partial charge in [-0.25, -0.2) is 13.1 Å². The van der Waals surface area contributed by atoms with Crippen molar-refractivity contribution in [2.24, 2.45) is 0 Å². The molecule has 24 heavy (non-hydrogen) atoms. The molecule has 5 nitrogen and oxygen atoms in total. The molecule has 128 valence electrons. The number of ether oxygens (including phenoxy) is 2. The molecule has 1 N–H and O–H groups in total. The van der Waals surface area contributed by atoms with E-state index in [1.807, 2.05) is 43.3 Å². The highest BCUT2D eigenvalue weighted by Gasteiger charge is 2.26. The van der Waals surface area contributed by atoms with E-state index in [1.165, 1.54) is 0 Å². The molecule has 0 fully saturated rings. The van der Waals surface area contributed by atoms with E-state index >= 15 is 0 Å². The van der Waals surface area contributed by atoms with Crippen molar-refractivity contribution >= 4 is 10.0 Å². The van der Waals surface area contributed by atoms with E-state index in [2.05, 4.69) is 4.72 Å². The van der Waals surface area contributed by atoms with Crippen LogP contribution in [0.15, 0.2) is 48.5 Å². The van der Waals surface area contributed by atoms with Crippen LogP contribution in [0.3, 0.4) is 0 Å². The fourth-order valence-corrected chi connectivity index (χ4v) is 4.20. The summed E-state index contributed by atoms with van der Waals surface area (Å²) in [5.41, 5.74) is 1.72. The van der Waals surface area contributed by atoms with Gasteiger partial charge in [-0.3, -0.25) is 0 Å². The molecule has 3 rings (SSSR count). The fourth-order valence-electron chi connectivity index (χ4n) is 2.83. The molecule has 0 unspecified atom stereocenters. The van der Waals surface area contributed by atoms with Crippen LogP contribution < -0.4 is 14.2 Å². The molecule has 0 aromatic heterocycles. The third-order valence-corrected chi connectivity index (χ3v) is 5.21. The highest BCUT2D eigenvalue weighted by Crippen LogP contribution is 2.34. The van der Waals surface area contributed by atoms with E-state index in [-0.39, 0.29) is 11.8 Å². The van der Waals surface area contributed by atoms with Crippen molar-refractivity contribution in [3.63, 3.8) is 0 Å². The van der Waals surface area contributed by atoms with Crippen LogP contribution in [0.2, 0.25) is 0 Å². The predicted molar refractivity (Wildman–Crippen MR) is 92.8 cm³/mol. The van der Waals surface area contributed by atoms with Crippen LogP contribution in [-0.4, -0.2) is 27.7 Å². The van der Waals surface area contributed by atoms with E-state index in [9.17, 15) is 8.42 Å². The van der Waals surface area contributed by atoms with E-state index < -0.39 is 10.0 Å². The van der Waals surface area contributed by atoms with Crippen LogP contribution in [0.4, 0.5) is 0 Å². The lowest BCUT2D eigenvalue weighted by molar-refractivity contribution is 0.233. The summed E-state index contributed by atoms with van der Waals surface area (Å²) in [5.74, 6) is 1.40. The van der Waals surface area contributed by atoms with Gasteiger partial charge in [-0.15, -0.1) is 0 Å². The highest BCUT2D eigenvalue weighted by molar-refractivity contribution is 7.88. The number of hydrogen-bond acceptors (Lipinski definition) is 4. The summed E-state index contributed by atoms with van der Waals surface area (Å²) in [7, 11) is -3.42. The van der Waals surface area contributed by atoms with Crippen molar-refractivity contribution < 1.29 is 17.9 Å². The lowest BCUT2D eigenvalue weighted by Gasteiger charge is -2.27. The number of fused-ring (bicyclic) bond motifs is 1. The number of nitrogens with one attached hydrogen (secondary N) is 1. The zero-order valence-corrected chi connectivity index (χ0v) is 14.4. The second-order valence-corrected chi connectivity index (χ2v) is 7.51. The Morgan fingerprint density at radius 2 is 1.96 bits per heavy atom. The molecule has 0 radical (unpaired) electrons. The second-order valence-electron chi connectivity index (χ2n) is 5.75. The average molecular weight is 347 g/mol. The predicted octanol–water partition coefficient (Wildman–Crippen LogP) is 2.51. The molecule has 1 heterocycles. The number of para-hydroxylation sites is 1. The van der Waals surface area contributed by atoms with Gasteiger partial charge in [0.2, 0.25) is 10.0 Å². The van der Waals surface area contributed by atoms with E-state index in [0.29, 0.717) is 25.4 Å². The van der Waals surface area contributed by atoms with Crippen LogP contribution in [0.5, 0.6) is 11.5 Å². The number of benzene rings is 2. The minimum Gasteiger partial charge on any atom is -0.490 e. The van der Waals surface area contributed by atoms with Gasteiger partial charge in [-0.05, 0) is 30.5 Å². The molecule has 0 aliphatic carbocycles. The Morgan fingerprint density at radius 1 is 1.17 bits per heavy atom. The Hall–Kier alpha value is -2.05. The van der Waals surface area contributed by atoms with Crippen LogP contribution in [0.1, 0.15) is 18.1 Å². The van der Waals surface area contributed by atoms with E-state index in [0.717, 1.165) is 16.9 Å². The smallest absolute Gasteiger partial charge is 0.216 e. The molecule has 2 aromatic carbocycles. The zero-order chi connectivity index (χ0) is 17.0. The molecule has 0 bridgehead atoms. The molecule has 0 amide bonds. The lowest BCUT2D eigenvalue weighted by atomic mass is 10.0. The minimum absolute atomic E-state index is 0.0316. The fraction of sp³-hybridized carbons (Fsp3) is 0.333. The average Bonchev–Trinajstić information content (AvgIpc) is 2.55. The first-order valence-electron chi connectivity index (χ1n) is 7.99. The SMILES string of the molecule is CCOc1cccc2c1OC[C@H](NS(=O)(=O)Cc1ccccc1)C2. The van der Waals surface area contributed by atoms with Crippen molar-refractivity contribution in [1.29, 1.82) is 0 Å². The molecular formula is C18H21NO4S. The van der Waals surface area contributed by atoms with Crippen molar-refractivity contribution in [3.05, 3.63) is 59.7 Å². The molecular weight excluding hydrogens is 326 g/mol. The van der Waals surface area contributed by atoms with Crippen LogP contribution >= 0.6 is 0 Å². The Morgan fingerprint density at radius 3 is 2.71 bits per heavy atom. The molecule has 1 aliphatic rings. The Labute approximate surface area is 142 Å². The topological polar surface area (TPSA) is 64.6 Å². The summed E-state index contributed by atoms with van der Waals surface area (Å²) in [6.07, 6.45) is 0.588. The van der Waals surface area contributed by atoms with Crippen LogP contribution in [0, 0.1) is 0 Å². The Kier molecular flexibility index (Phi) is 5.06. The van der Waals surface area contributed by atoms with Crippen molar-refractivity contribution in [1.82, 2.24) is 4.72 Å². The standard InChI is InChI=1S/C18H21NO4S/c1-2-22-17-10-6-9-15-11-16(12-23-18(15)17)19-24(20,21)13-14-7-4-3-5-8-14/h3-10,16,19H,2,11-13H2,1H3/t16-/m1/s1. The van der Waals surface area contributed by atoms with Gasteiger partial charge in [-0.2, -0.15) is 0 Å². The van der Waals surface area contributed by atoms with Gasteiger partial charge >= 0.3 is 0 Å². The highest BCUT2D eigenvalue weighted by atomic mass is 32.2. The summed E-state index contributed by atoms with van der Waals surface area (Å²) < 4.78 is 38.8. The monoisotopic (exact) mass is 347 g/mol. The first-order valence-corrected chi connectivity index (χ1v) is 9.64. The third kappa shape index (κ3) is 4.07. The summed E-state index contributed by atoms with van der Waals surface area (Å²) in [5, 5.41) is 0. The zero-order valence-electron chi connectivity index (χ0n) is 13.6. The van der Waals surface area contributed by atoms with E-state index in [1.54, 1.807) is 12.1 Å². The number of rotatable bonds is 6. The summed E-state index contributed by atoms with van der Waals surface area (Å²) >= 11 is 0. The quantitative estimate of drug-likeness (QED) is 0.872. The first-order chi connectivity index (χ1) is 11.6. The van der Waals surface area contributed by atoms with Crippen molar-refractivity contribution in [3.8, 4) is 11.5 Å². The third-order valence-electron chi connectivity index (χ3n) is 3.80. The first kappa shape index (κ1) is 16.8. The second kappa shape index (κ2) is 7.23. The summed E-state index contributed by atoms with van der Waals surface area (Å²) in [4.78, 5) is 0. The maximum Gasteiger partial charge on any atom is 0.216 e. The van der Waals surface area contributed by atoms with Gasteiger partial charge in [0.1, 0.15) is 6.61 Å². The Bertz CT molecular complexity index is 790. The van der Waals surface area contributed by atoms with Crippen molar-refractivity contribution in [2.45, 2.75) is 25.1 Å². The molecule has 0 spiro atoms. The summed E-state index contributed by atoms with van der Waals surface area (Å²) in [6.45, 7) is 2.78. The Balaban J connectivity index is 1.68. The molecule has 2 aromatic rings. The van der Waals surface area contributed by atoms with Gasteiger partial charge in [0.05, 0.1) is 18.4 Å². The van der Waals surface area contributed by atoms with Gasteiger partial charge in [0, 0.05) is 0 Å². The largest absolute Gasteiger partial charge is 0.490 e. The van der Waals surface area contributed by atoms with Gasteiger partial charge in [-0.1, -0.05) is 42.5 Å². The van der Waals surface area contributed by atoms with Gasteiger partial charge < -0.3 is 9.47 Å². The molecule has 0 saturated heterocycles. The number of hydrogen-bond donors (Lipinski definition) is 1. The van der Waals surface area contributed by atoms with Gasteiger partial charge in [0.25, 0.3) is 0 Å². The summed E-state index contributed by atoms with van der Waals surface area (Å²) in [6, 6.07) is 14.6.